The van der Waals surface area contributed by atoms with Crippen molar-refractivity contribution in [3.8, 4) is 17.1 Å². The molecular formula is C21H17ClN6. The summed E-state index contributed by atoms with van der Waals surface area (Å²) in [5.74, 6) is 0.670. The zero-order valence-electron chi connectivity index (χ0n) is 15.5. The molecule has 3 heterocycles. The van der Waals surface area contributed by atoms with Crippen LogP contribution in [0.25, 0.3) is 33.8 Å². The van der Waals surface area contributed by atoms with E-state index in [1.165, 1.54) is 5.56 Å². The Balaban J connectivity index is 1.67. The number of rotatable bonds is 3. The van der Waals surface area contributed by atoms with Gasteiger partial charge in [-0.05, 0) is 36.6 Å². The molecule has 2 aromatic carbocycles. The number of hydrogen-bond acceptors (Lipinski definition) is 4. The van der Waals surface area contributed by atoms with Gasteiger partial charge in [-0.1, -0.05) is 48.9 Å². The van der Waals surface area contributed by atoms with Gasteiger partial charge in [-0.3, -0.25) is 0 Å². The molecule has 138 valence electrons. The van der Waals surface area contributed by atoms with Crippen LogP contribution in [0.5, 0.6) is 0 Å². The van der Waals surface area contributed by atoms with Gasteiger partial charge in [-0.15, -0.1) is 5.10 Å². The Bertz CT molecular complexity index is 1320. The Hall–Kier alpha value is -3.25. The van der Waals surface area contributed by atoms with E-state index in [-0.39, 0.29) is 0 Å². The van der Waals surface area contributed by atoms with Crippen molar-refractivity contribution in [3.05, 3.63) is 71.1 Å². The quantitative estimate of drug-likeness (QED) is 0.451. The molecule has 0 radical (unpaired) electrons. The number of halogens is 1. The summed E-state index contributed by atoms with van der Waals surface area (Å²) in [5.41, 5.74) is 5.68. The van der Waals surface area contributed by atoms with Gasteiger partial charge >= 0.3 is 0 Å². The first-order valence-electron chi connectivity index (χ1n) is 9.09. The van der Waals surface area contributed by atoms with E-state index in [1.807, 2.05) is 25.1 Å². The molecular weight excluding hydrogens is 372 g/mol. The average molecular weight is 389 g/mol. The Kier molecular flexibility index (Phi) is 3.87. The maximum atomic E-state index is 6.18. The fraction of sp³-hybridized carbons (Fsp3) is 0.143. The van der Waals surface area contributed by atoms with Crippen molar-refractivity contribution in [2.24, 2.45) is 0 Å². The Labute approximate surface area is 166 Å². The van der Waals surface area contributed by atoms with Crippen molar-refractivity contribution in [3.63, 3.8) is 0 Å². The number of fused-ring (bicyclic) bond motifs is 3. The first-order chi connectivity index (χ1) is 13.6. The fourth-order valence-corrected chi connectivity index (χ4v) is 3.49. The van der Waals surface area contributed by atoms with Crippen LogP contribution >= 0.6 is 11.6 Å². The van der Waals surface area contributed by atoms with Crippen LogP contribution in [0.2, 0.25) is 5.02 Å². The molecule has 5 aromatic rings. The molecule has 6 nitrogen and oxygen atoms in total. The topological polar surface area (TPSA) is 60.9 Å². The van der Waals surface area contributed by atoms with Crippen LogP contribution in [-0.2, 0) is 6.42 Å². The molecule has 0 spiro atoms. The van der Waals surface area contributed by atoms with Crippen LogP contribution in [-0.4, -0.2) is 29.4 Å². The maximum Gasteiger partial charge on any atom is 0.182 e. The van der Waals surface area contributed by atoms with E-state index in [1.54, 1.807) is 21.7 Å². The lowest BCUT2D eigenvalue weighted by atomic mass is 10.1. The smallest absolute Gasteiger partial charge is 0.182 e. The van der Waals surface area contributed by atoms with Crippen LogP contribution in [0.4, 0.5) is 0 Å². The summed E-state index contributed by atoms with van der Waals surface area (Å²) >= 11 is 6.18. The molecule has 0 atom stereocenters. The minimum Gasteiger partial charge on any atom is -0.216 e. The van der Waals surface area contributed by atoms with Crippen molar-refractivity contribution >= 4 is 28.3 Å². The SMILES string of the molecule is CCc1ccc(-c2nc3c4cnn(-c5cc(Cl)ccc5C)c4ncn3n2)cc1. The highest BCUT2D eigenvalue weighted by molar-refractivity contribution is 6.30. The van der Waals surface area contributed by atoms with Gasteiger partial charge in [0.25, 0.3) is 0 Å². The van der Waals surface area contributed by atoms with E-state index >= 15 is 0 Å². The van der Waals surface area contributed by atoms with E-state index in [9.17, 15) is 0 Å². The second-order valence-electron chi connectivity index (χ2n) is 6.72. The Morgan fingerprint density at radius 3 is 2.64 bits per heavy atom. The molecule has 0 saturated carbocycles. The van der Waals surface area contributed by atoms with E-state index in [2.05, 4.69) is 46.4 Å². The molecule has 3 aromatic heterocycles. The van der Waals surface area contributed by atoms with E-state index in [0.717, 1.165) is 39.9 Å². The number of aromatic nitrogens is 6. The number of aryl methyl sites for hydroxylation is 2. The summed E-state index contributed by atoms with van der Waals surface area (Å²) in [6.45, 7) is 4.16. The predicted octanol–water partition coefficient (Wildman–Crippen LogP) is 4.65. The summed E-state index contributed by atoms with van der Waals surface area (Å²) in [6, 6.07) is 14.0. The van der Waals surface area contributed by atoms with Crippen LogP contribution in [0.15, 0.2) is 55.0 Å². The molecule has 28 heavy (non-hydrogen) atoms. The molecule has 0 unspecified atom stereocenters. The molecule has 0 fully saturated rings. The van der Waals surface area contributed by atoms with E-state index in [0.29, 0.717) is 10.8 Å². The highest BCUT2D eigenvalue weighted by Crippen LogP contribution is 2.25. The number of nitrogens with zero attached hydrogens (tertiary/aromatic N) is 6. The predicted molar refractivity (Wildman–Crippen MR) is 110 cm³/mol. The first-order valence-corrected chi connectivity index (χ1v) is 9.47. The number of benzene rings is 2. The molecule has 5 rings (SSSR count). The standard InChI is InChI=1S/C21H17ClN6/c1-3-14-5-7-15(8-6-14)19-25-21-17-11-24-28(20(17)23-12-27(21)26-19)18-10-16(22)9-4-13(18)2/h4-12H,3H2,1-2H3. The lowest BCUT2D eigenvalue weighted by Crippen LogP contribution is -2.01. The third kappa shape index (κ3) is 2.65. The largest absolute Gasteiger partial charge is 0.216 e. The summed E-state index contributed by atoms with van der Waals surface area (Å²) < 4.78 is 3.49. The van der Waals surface area contributed by atoms with Crippen molar-refractivity contribution in [2.45, 2.75) is 20.3 Å². The minimum absolute atomic E-state index is 0.658. The normalized spacial score (nSPS) is 11.5. The van der Waals surface area contributed by atoms with Crippen LogP contribution < -0.4 is 0 Å². The van der Waals surface area contributed by atoms with Gasteiger partial charge < -0.3 is 0 Å². The van der Waals surface area contributed by atoms with Gasteiger partial charge in [-0.25, -0.2) is 19.2 Å². The maximum absolute atomic E-state index is 6.18. The Morgan fingerprint density at radius 1 is 1.04 bits per heavy atom. The van der Waals surface area contributed by atoms with Crippen molar-refractivity contribution in [1.82, 2.24) is 29.4 Å². The third-order valence-corrected chi connectivity index (χ3v) is 5.16. The first kappa shape index (κ1) is 16.9. The molecule has 0 aliphatic rings. The molecule has 7 heteroatoms. The third-order valence-electron chi connectivity index (χ3n) is 4.93. The van der Waals surface area contributed by atoms with Crippen LogP contribution in [0.3, 0.4) is 0 Å². The highest BCUT2D eigenvalue weighted by Gasteiger charge is 2.15. The van der Waals surface area contributed by atoms with Crippen molar-refractivity contribution in [1.29, 1.82) is 0 Å². The molecule has 0 bridgehead atoms. The lowest BCUT2D eigenvalue weighted by Gasteiger charge is -2.07. The zero-order valence-corrected chi connectivity index (χ0v) is 16.2. The molecule has 0 N–H and O–H groups in total. The zero-order chi connectivity index (χ0) is 19.3. The number of hydrogen-bond donors (Lipinski definition) is 0. The van der Waals surface area contributed by atoms with Gasteiger partial charge in [0.1, 0.15) is 6.33 Å². The fourth-order valence-electron chi connectivity index (χ4n) is 3.32. The van der Waals surface area contributed by atoms with Gasteiger partial charge in [-0.2, -0.15) is 5.10 Å². The summed E-state index contributed by atoms with van der Waals surface area (Å²) in [6.07, 6.45) is 4.45. The van der Waals surface area contributed by atoms with Gasteiger partial charge in [0.2, 0.25) is 0 Å². The molecule has 0 aliphatic carbocycles. The second kappa shape index (κ2) is 6.42. The van der Waals surface area contributed by atoms with Crippen LogP contribution in [0, 0.1) is 6.92 Å². The lowest BCUT2D eigenvalue weighted by molar-refractivity contribution is 0.876. The Morgan fingerprint density at radius 2 is 1.86 bits per heavy atom. The molecule has 0 amide bonds. The van der Waals surface area contributed by atoms with Crippen molar-refractivity contribution in [2.75, 3.05) is 0 Å². The van der Waals surface area contributed by atoms with E-state index < -0.39 is 0 Å². The minimum atomic E-state index is 0.658. The monoisotopic (exact) mass is 388 g/mol. The molecule has 0 saturated heterocycles. The summed E-state index contributed by atoms with van der Waals surface area (Å²) in [5, 5.41) is 10.6. The summed E-state index contributed by atoms with van der Waals surface area (Å²) in [4.78, 5) is 9.31. The van der Waals surface area contributed by atoms with Crippen molar-refractivity contribution < 1.29 is 0 Å². The highest BCUT2D eigenvalue weighted by atomic mass is 35.5. The van der Waals surface area contributed by atoms with Gasteiger partial charge in [0.15, 0.2) is 17.1 Å². The molecule has 0 aliphatic heterocycles. The average Bonchev–Trinajstić information content (AvgIpc) is 3.33. The van der Waals surface area contributed by atoms with Gasteiger partial charge in [0.05, 0.1) is 17.3 Å². The van der Waals surface area contributed by atoms with E-state index in [4.69, 9.17) is 16.6 Å². The second-order valence-corrected chi connectivity index (χ2v) is 7.16. The summed E-state index contributed by atoms with van der Waals surface area (Å²) in [7, 11) is 0. The van der Waals surface area contributed by atoms with Crippen LogP contribution in [0.1, 0.15) is 18.1 Å². The van der Waals surface area contributed by atoms with Gasteiger partial charge in [0, 0.05) is 10.6 Å².